The number of aliphatic hydroxyl groups is 1. The minimum absolute atomic E-state index is 0.225. The Bertz CT molecular complexity index is 351. The molecule has 0 heterocycles. The number of hydrogen-bond acceptors (Lipinski definition) is 1. The molecule has 1 aromatic carbocycles. The third-order valence-electron chi connectivity index (χ3n) is 3.45. The van der Waals surface area contributed by atoms with Crippen molar-refractivity contribution in [2.24, 2.45) is 5.92 Å². The first-order valence-corrected chi connectivity index (χ1v) is 7.85. The number of hydrogen-bond donors (Lipinski definition) is 1. The van der Waals surface area contributed by atoms with E-state index in [4.69, 9.17) is 5.11 Å². The van der Waals surface area contributed by atoms with E-state index in [1.807, 2.05) is 6.92 Å². The Hall–Kier alpha value is -1.08. The summed E-state index contributed by atoms with van der Waals surface area (Å²) in [4.78, 5) is 0. The summed E-state index contributed by atoms with van der Waals surface area (Å²) in [5, 5.41) is 8.86. The van der Waals surface area contributed by atoms with Crippen molar-refractivity contribution >= 4 is 0 Å². The van der Waals surface area contributed by atoms with E-state index in [1.165, 1.54) is 30.4 Å². The van der Waals surface area contributed by atoms with Crippen LogP contribution < -0.4 is 0 Å². The number of allylic oxidation sites excluding steroid dienone is 2. The molecule has 0 saturated carbocycles. The molecular formula is C19H32O. The molecule has 0 aliphatic rings. The number of aliphatic hydroxyl groups excluding tert-OH is 1. The van der Waals surface area contributed by atoms with Crippen molar-refractivity contribution in [3.63, 3.8) is 0 Å². The maximum atomic E-state index is 8.86. The number of aryl methyl sites for hydroxylation is 1. The van der Waals surface area contributed by atoms with Gasteiger partial charge in [0.15, 0.2) is 0 Å². The average molecular weight is 276 g/mol. The molecular weight excluding hydrogens is 244 g/mol. The molecule has 1 nitrogen and oxygen atoms in total. The molecule has 0 radical (unpaired) electrons. The van der Waals surface area contributed by atoms with Crippen LogP contribution in [0.2, 0.25) is 0 Å². The second-order valence-electron chi connectivity index (χ2n) is 5.64. The molecule has 2 atom stereocenters. The van der Waals surface area contributed by atoms with Crippen LogP contribution >= 0.6 is 0 Å². The van der Waals surface area contributed by atoms with Crippen molar-refractivity contribution in [2.45, 2.75) is 59.8 Å². The van der Waals surface area contributed by atoms with Gasteiger partial charge in [0.2, 0.25) is 0 Å². The van der Waals surface area contributed by atoms with Crippen molar-refractivity contribution in [2.75, 3.05) is 6.61 Å². The fourth-order valence-corrected chi connectivity index (χ4v) is 1.95. The van der Waals surface area contributed by atoms with E-state index < -0.39 is 0 Å². The largest absolute Gasteiger partial charge is 0.396 e. The van der Waals surface area contributed by atoms with E-state index in [0.29, 0.717) is 0 Å². The van der Waals surface area contributed by atoms with Gasteiger partial charge in [-0.25, -0.2) is 0 Å². The van der Waals surface area contributed by atoms with Crippen molar-refractivity contribution in [1.82, 2.24) is 0 Å². The molecule has 0 fully saturated rings. The van der Waals surface area contributed by atoms with Crippen molar-refractivity contribution in [3.8, 4) is 0 Å². The third-order valence-corrected chi connectivity index (χ3v) is 3.45. The lowest BCUT2D eigenvalue weighted by Gasteiger charge is -2.07. The Morgan fingerprint density at radius 3 is 2.20 bits per heavy atom. The van der Waals surface area contributed by atoms with E-state index in [2.05, 4.69) is 64.1 Å². The van der Waals surface area contributed by atoms with Crippen LogP contribution in [-0.2, 0) is 0 Å². The summed E-state index contributed by atoms with van der Waals surface area (Å²) < 4.78 is 0. The fourth-order valence-electron chi connectivity index (χ4n) is 1.95. The van der Waals surface area contributed by atoms with E-state index in [0.717, 1.165) is 5.92 Å². The molecule has 0 aromatic heterocycles. The molecule has 0 aliphatic carbocycles. The van der Waals surface area contributed by atoms with Gasteiger partial charge in [-0.05, 0) is 31.7 Å². The Balaban J connectivity index is 0.000000370. The van der Waals surface area contributed by atoms with Crippen molar-refractivity contribution < 1.29 is 5.11 Å². The Kier molecular flexibility index (Phi) is 11.1. The fraction of sp³-hybridized carbons (Fsp3) is 0.579. The second kappa shape index (κ2) is 11.7. The monoisotopic (exact) mass is 276 g/mol. The predicted octanol–water partition coefficient (Wildman–Crippen LogP) is 5.48. The summed E-state index contributed by atoms with van der Waals surface area (Å²) >= 11 is 0. The van der Waals surface area contributed by atoms with Gasteiger partial charge in [-0.15, -0.1) is 0 Å². The molecule has 1 N–H and O–H groups in total. The SMILES string of the molecule is C/C=C/C(C)CCCC.Cc1ccc(C(C)CO)cc1. The maximum absolute atomic E-state index is 8.86. The Morgan fingerprint density at radius 1 is 1.15 bits per heavy atom. The molecule has 1 heteroatoms. The Morgan fingerprint density at radius 2 is 1.75 bits per heavy atom. The molecule has 1 aromatic rings. The van der Waals surface area contributed by atoms with E-state index in [1.54, 1.807) is 0 Å². The third kappa shape index (κ3) is 8.92. The predicted molar refractivity (Wildman–Crippen MR) is 90.2 cm³/mol. The summed E-state index contributed by atoms with van der Waals surface area (Å²) in [6.07, 6.45) is 8.45. The van der Waals surface area contributed by atoms with Crippen LogP contribution in [0.25, 0.3) is 0 Å². The summed E-state index contributed by atoms with van der Waals surface area (Å²) in [7, 11) is 0. The van der Waals surface area contributed by atoms with Crippen molar-refractivity contribution in [3.05, 3.63) is 47.5 Å². The molecule has 0 spiro atoms. The van der Waals surface area contributed by atoms with Gasteiger partial charge in [-0.1, -0.05) is 75.6 Å². The minimum atomic E-state index is 0.225. The van der Waals surface area contributed by atoms with Crippen molar-refractivity contribution in [1.29, 1.82) is 0 Å². The number of rotatable bonds is 6. The van der Waals surface area contributed by atoms with Gasteiger partial charge in [0.25, 0.3) is 0 Å². The Labute approximate surface area is 125 Å². The van der Waals surface area contributed by atoms with Gasteiger partial charge in [0.1, 0.15) is 0 Å². The molecule has 0 aliphatic heterocycles. The molecule has 0 saturated heterocycles. The summed E-state index contributed by atoms with van der Waals surface area (Å²) in [5.41, 5.74) is 2.47. The van der Waals surface area contributed by atoms with Gasteiger partial charge in [0.05, 0.1) is 0 Å². The number of unbranched alkanes of at least 4 members (excludes halogenated alkanes) is 1. The summed E-state index contributed by atoms with van der Waals surface area (Å²) in [6.45, 7) is 10.9. The highest BCUT2D eigenvalue weighted by Crippen LogP contribution is 2.14. The van der Waals surface area contributed by atoms with Crippen LogP contribution in [0, 0.1) is 12.8 Å². The van der Waals surface area contributed by atoms with Crippen LogP contribution in [0.5, 0.6) is 0 Å². The summed E-state index contributed by atoms with van der Waals surface area (Å²) in [5.74, 6) is 1.05. The zero-order chi connectivity index (χ0) is 15.4. The van der Waals surface area contributed by atoms with Gasteiger partial charge in [-0.3, -0.25) is 0 Å². The van der Waals surface area contributed by atoms with Crippen LogP contribution in [-0.4, -0.2) is 11.7 Å². The van der Waals surface area contributed by atoms with E-state index >= 15 is 0 Å². The highest BCUT2D eigenvalue weighted by Gasteiger charge is 2.01. The van der Waals surface area contributed by atoms with Crippen LogP contribution in [0.3, 0.4) is 0 Å². The normalized spacial score (nSPS) is 13.7. The zero-order valence-corrected chi connectivity index (χ0v) is 13.9. The highest BCUT2D eigenvalue weighted by atomic mass is 16.3. The van der Waals surface area contributed by atoms with Crippen LogP contribution in [0.1, 0.15) is 64.0 Å². The van der Waals surface area contributed by atoms with Gasteiger partial charge in [-0.2, -0.15) is 0 Å². The molecule has 0 amide bonds. The van der Waals surface area contributed by atoms with Gasteiger partial charge in [0, 0.05) is 12.5 Å². The maximum Gasteiger partial charge on any atom is 0.0497 e. The standard InChI is InChI=1S/C10H14O.C9H18/c1-8-3-5-10(6-4-8)9(2)7-11;1-4-6-8-9(3)7-5-2/h3-6,9,11H,7H2,1-2H3;5,7,9H,4,6,8H2,1-3H3/b;7-5+. The molecule has 114 valence electrons. The second-order valence-corrected chi connectivity index (χ2v) is 5.64. The van der Waals surface area contributed by atoms with Gasteiger partial charge < -0.3 is 5.11 Å². The molecule has 0 bridgehead atoms. The molecule has 2 unspecified atom stereocenters. The topological polar surface area (TPSA) is 20.2 Å². The smallest absolute Gasteiger partial charge is 0.0497 e. The number of benzene rings is 1. The lowest BCUT2D eigenvalue weighted by molar-refractivity contribution is 0.273. The average Bonchev–Trinajstić information content (AvgIpc) is 2.46. The quantitative estimate of drug-likeness (QED) is 0.682. The highest BCUT2D eigenvalue weighted by molar-refractivity contribution is 5.23. The minimum Gasteiger partial charge on any atom is -0.396 e. The first-order valence-electron chi connectivity index (χ1n) is 7.85. The lowest BCUT2D eigenvalue weighted by atomic mass is 10.0. The zero-order valence-electron chi connectivity index (χ0n) is 13.9. The first kappa shape index (κ1) is 18.9. The van der Waals surface area contributed by atoms with Crippen LogP contribution in [0.15, 0.2) is 36.4 Å². The lowest BCUT2D eigenvalue weighted by Crippen LogP contribution is -1.97. The molecule has 1 rings (SSSR count). The van der Waals surface area contributed by atoms with E-state index in [-0.39, 0.29) is 12.5 Å². The molecule has 20 heavy (non-hydrogen) atoms. The van der Waals surface area contributed by atoms with E-state index in [9.17, 15) is 0 Å². The summed E-state index contributed by atoms with van der Waals surface area (Å²) in [6, 6.07) is 8.27. The van der Waals surface area contributed by atoms with Crippen LogP contribution in [0.4, 0.5) is 0 Å². The first-order chi connectivity index (χ1) is 9.54. The van der Waals surface area contributed by atoms with Gasteiger partial charge >= 0.3 is 0 Å².